The molecule has 1 atom stereocenters. The average molecular weight is 257 g/mol. The first-order valence-electron chi connectivity index (χ1n) is 6.14. The summed E-state index contributed by atoms with van der Waals surface area (Å²) in [5, 5.41) is 5.56. The Labute approximate surface area is 111 Å². The summed E-state index contributed by atoms with van der Waals surface area (Å²) in [5.74, 6) is 1.14. The van der Waals surface area contributed by atoms with Crippen molar-refractivity contribution in [2.24, 2.45) is 4.99 Å². The first-order chi connectivity index (χ1) is 8.81. The molecule has 0 amide bonds. The molecule has 0 saturated heterocycles. The molecular formula is C14H15N3S. The van der Waals surface area contributed by atoms with Crippen molar-refractivity contribution in [1.29, 1.82) is 0 Å². The van der Waals surface area contributed by atoms with Crippen molar-refractivity contribution in [3.63, 3.8) is 0 Å². The molecule has 0 radical (unpaired) electrons. The fourth-order valence-corrected chi connectivity index (χ4v) is 3.07. The minimum atomic E-state index is 0.427. The van der Waals surface area contributed by atoms with Crippen molar-refractivity contribution in [2.45, 2.75) is 19.4 Å². The highest BCUT2D eigenvalue weighted by atomic mass is 32.2. The molecule has 92 valence electrons. The molecular weight excluding hydrogens is 242 g/mol. The lowest BCUT2D eigenvalue weighted by Crippen LogP contribution is -2.17. The van der Waals surface area contributed by atoms with Gasteiger partial charge in [0.2, 0.25) is 0 Å². The molecule has 0 bridgehead atoms. The largest absolute Gasteiger partial charge is 0.335 e. The molecule has 2 aromatic rings. The zero-order valence-electron chi connectivity index (χ0n) is 10.3. The molecule has 0 spiro atoms. The second kappa shape index (κ2) is 4.98. The Bertz CT molecular complexity index is 594. The molecule has 0 saturated carbocycles. The van der Waals surface area contributed by atoms with Crippen molar-refractivity contribution >= 4 is 33.5 Å². The fourth-order valence-electron chi connectivity index (χ4n) is 1.97. The quantitative estimate of drug-likeness (QED) is 0.849. The topological polar surface area (TPSA) is 37.3 Å². The lowest BCUT2D eigenvalue weighted by molar-refractivity contribution is 0.720. The maximum atomic E-state index is 4.61. The summed E-state index contributed by atoms with van der Waals surface area (Å²) < 4.78 is 0. The SMILES string of the molecule is CC1CCSC(Nc2ccc3ncccc3c2)=N1. The predicted octanol–water partition coefficient (Wildman–Crippen LogP) is 3.53. The molecule has 1 aliphatic rings. The molecule has 4 heteroatoms. The Morgan fingerprint density at radius 2 is 2.28 bits per heavy atom. The van der Waals surface area contributed by atoms with Gasteiger partial charge in [0.25, 0.3) is 0 Å². The van der Waals surface area contributed by atoms with Gasteiger partial charge >= 0.3 is 0 Å². The molecule has 1 aromatic carbocycles. The van der Waals surface area contributed by atoms with Gasteiger partial charge in [0.05, 0.1) is 11.6 Å². The lowest BCUT2D eigenvalue weighted by atomic mass is 10.2. The number of nitrogens with zero attached hydrogens (tertiary/aromatic N) is 2. The van der Waals surface area contributed by atoms with E-state index in [1.54, 1.807) is 11.8 Å². The zero-order chi connectivity index (χ0) is 12.4. The van der Waals surface area contributed by atoms with Crippen molar-refractivity contribution in [3.8, 4) is 0 Å². The van der Waals surface area contributed by atoms with Crippen LogP contribution in [0.3, 0.4) is 0 Å². The van der Waals surface area contributed by atoms with Crippen LogP contribution in [0.15, 0.2) is 41.5 Å². The van der Waals surface area contributed by atoms with Gasteiger partial charge in [-0.3, -0.25) is 9.98 Å². The summed E-state index contributed by atoms with van der Waals surface area (Å²) in [7, 11) is 0. The van der Waals surface area contributed by atoms with E-state index in [-0.39, 0.29) is 0 Å². The zero-order valence-corrected chi connectivity index (χ0v) is 11.1. The van der Waals surface area contributed by atoms with Gasteiger partial charge in [-0.25, -0.2) is 0 Å². The van der Waals surface area contributed by atoms with Crippen molar-refractivity contribution in [2.75, 3.05) is 11.1 Å². The van der Waals surface area contributed by atoms with Crippen molar-refractivity contribution in [1.82, 2.24) is 4.98 Å². The van der Waals surface area contributed by atoms with Crippen LogP contribution in [0.1, 0.15) is 13.3 Å². The minimum Gasteiger partial charge on any atom is -0.335 e. The summed E-state index contributed by atoms with van der Waals surface area (Å²) in [6, 6.07) is 10.7. The number of anilines is 1. The van der Waals surface area contributed by atoms with E-state index in [1.165, 1.54) is 0 Å². The Kier molecular flexibility index (Phi) is 3.19. The van der Waals surface area contributed by atoms with Gasteiger partial charge in [-0.05, 0) is 37.6 Å². The van der Waals surface area contributed by atoms with Gasteiger partial charge in [0.15, 0.2) is 5.17 Å². The highest BCUT2D eigenvalue weighted by molar-refractivity contribution is 8.14. The van der Waals surface area contributed by atoms with Crippen LogP contribution in [0.4, 0.5) is 5.69 Å². The number of aliphatic imine (C=N–C) groups is 1. The number of benzene rings is 1. The maximum absolute atomic E-state index is 4.61. The lowest BCUT2D eigenvalue weighted by Gasteiger charge is -2.17. The summed E-state index contributed by atoms with van der Waals surface area (Å²) in [5.41, 5.74) is 2.10. The maximum Gasteiger partial charge on any atom is 0.161 e. The van der Waals surface area contributed by atoms with Crippen LogP contribution in [0.2, 0.25) is 0 Å². The number of amidine groups is 1. The molecule has 2 heterocycles. The van der Waals surface area contributed by atoms with E-state index in [9.17, 15) is 0 Å². The van der Waals surface area contributed by atoms with Crippen LogP contribution in [0.5, 0.6) is 0 Å². The molecule has 1 unspecified atom stereocenters. The molecule has 0 aliphatic carbocycles. The van der Waals surface area contributed by atoms with E-state index in [2.05, 4.69) is 40.4 Å². The van der Waals surface area contributed by atoms with E-state index in [4.69, 9.17) is 0 Å². The third kappa shape index (κ3) is 2.48. The fraction of sp³-hybridized carbons (Fsp3) is 0.286. The first kappa shape index (κ1) is 11.5. The Morgan fingerprint density at radius 1 is 1.33 bits per heavy atom. The molecule has 1 N–H and O–H groups in total. The van der Waals surface area contributed by atoms with E-state index in [1.807, 2.05) is 18.3 Å². The number of nitrogens with one attached hydrogen (secondary N) is 1. The first-order valence-corrected chi connectivity index (χ1v) is 7.12. The van der Waals surface area contributed by atoms with Crippen LogP contribution in [0.25, 0.3) is 10.9 Å². The van der Waals surface area contributed by atoms with Crippen LogP contribution in [-0.2, 0) is 0 Å². The van der Waals surface area contributed by atoms with Crippen LogP contribution in [-0.4, -0.2) is 21.9 Å². The second-order valence-corrected chi connectivity index (χ2v) is 5.54. The molecule has 3 rings (SSSR count). The molecule has 3 nitrogen and oxygen atoms in total. The number of aromatic nitrogens is 1. The molecule has 1 aromatic heterocycles. The standard InChI is InChI=1S/C14H15N3S/c1-10-6-8-18-14(16-10)17-12-4-5-13-11(9-12)3-2-7-15-13/h2-5,7,9-10H,6,8H2,1H3,(H,16,17). The average Bonchev–Trinajstić information content (AvgIpc) is 2.39. The summed E-state index contributed by atoms with van der Waals surface area (Å²) in [6.45, 7) is 2.16. The second-order valence-electron chi connectivity index (χ2n) is 4.46. The number of rotatable bonds is 1. The summed E-state index contributed by atoms with van der Waals surface area (Å²) >= 11 is 1.79. The molecule has 1 aliphatic heterocycles. The van der Waals surface area contributed by atoms with Crippen molar-refractivity contribution in [3.05, 3.63) is 36.5 Å². The third-order valence-corrected chi connectivity index (χ3v) is 3.89. The highest BCUT2D eigenvalue weighted by Gasteiger charge is 2.11. The normalized spacial score (nSPS) is 19.6. The number of hydrogen-bond acceptors (Lipinski definition) is 4. The predicted molar refractivity (Wildman–Crippen MR) is 79.3 cm³/mol. The third-order valence-electron chi connectivity index (χ3n) is 2.97. The number of pyridine rings is 1. The summed E-state index contributed by atoms with van der Waals surface area (Å²) in [6.07, 6.45) is 2.98. The van der Waals surface area contributed by atoms with E-state index in [0.717, 1.165) is 33.9 Å². The highest BCUT2D eigenvalue weighted by Crippen LogP contribution is 2.21. The number of hydrogen-bond donors (Lipinski definition) is 1. The van der Waals surface area contributed by atoms with E-state index in [0.29, 0.717) is 6.04 Å². The van der Waals surface area contributed by atoms with E-state index < -0.39 is 0 Å². The Balaban J connectivity index is 1.86. The Hall–Kier alpha value is -1.55. The van der Waals surface area contributed by atoms with Crippen LogP contribution in [0, 0.1) is 0 Å². The van der Waals surface area contributed by atoms with Gasteiger partial charge in [-0.15, -0.1) is 0 Å². The van der Waals surface area contributed by atoms with Crippen LogP contribution < -0.4 is 5.32 Å². The summed E-state index contributed by atoms with van der Waals surface area (Å²) in [4.78, 5) is 8.93. The van der Waals surface area contributed by atoms with Gasteiger partial charge in [-0.2, -0.15) is 0 Å². The molecule has 0 fully saturated rings. The van der Waals surface area contributed by atoms with E-state index >= 15 is 0 Å². The van der Waals surface area contributed by atoms with Crippen molar-refractivity contribution < 1.29 is 0 Å². The number of fused-ring (bicyclic) bond motifs is 1. The molecule has 18 heavy (non-hydrogen) atoms. The monoisotopic (exact) mass is 257 g/mol. The minimum absolute atomic E-state index is 0.427. The smallest absolute Gasteiger partial charge is 0.161 e. The van der Waals surface area contributed by atoms with Gasteiger partial charge in [0.1, 0.15) is 0 Å². The van der Waals surface area contributed by atoms with Gasteiger partial charge in [0, 0.05) is 23.0 Å². The van der Waals surface area contributed by atoms with Gasteiger partial charge < -0.3 is 5.32 Å². The van der Waals surface area contributed by atoms with Gasteiger partial charge in [-0.1, -0.05) is 17.8 Å². The Morgan fingerprint density at radius 3 is 3.17 bits per heavy atom. The van der Waals surface area contributed by atoms with Crippen LogP contribution >= 0.6 is 11.8 Å². The number of thioether (sulfide) groups is 1.